The molecule has 0 aromatic heterocycles. The van der Waals surface area contributed by atoms with E-state index in [2.05, 4.69) is 21.9 Å². The number of ether oxygens (including phenoxy) is 1. The molecule has 0 radical (unpaired) electrons. The van der Waals surface area contributed by atoms with Gasteiger partial charge in [0.05, 0.1) is 13.2 Å². The molecule has 0 aromatic rings. The van der Waals surface area contributed by atoms with Crippen molar-refractivity contribution < 1.29 is 14.3 Å². The molecule has 2 fully saturated rings. The minimum atomic E-state index is -0.600. The van der Waals surface area contributed by atoms with E-state index in [0.717, 1.165) is 19.3 Å². The van der Waals surface area contributed by atoms with Crippen LogP contribution in [0.15, 0.2) is 12.3 Å². The van der Waals surface area contributed by atoms with E-state index in [1.807, 2.05) is 0 Å². The van der Waals surface area contributed by atoms with Crippen LogP contribution in [0.4, 0.5) is 0 Å². The highest BCUT2D eigenvalue weighted by Crippen LogP contribution is 2.35. The van der Waals surface area contributed by atoms with Gasteiger partial charge in [-0.05, 0) is 25.2 Å². The summed E-state index contributed by atoms with van der Waals surface area (Å²) in [6.07, 6.45) is 3.29. The van der Waals surface area contributed by atoms with E-state index >= 15 is 0 Å². The fourth-order valence-corrected chi connectivity index (χ4v) is 2.55. The molecule has 1 aliphatic heterocycles. The van der Waals surface area contributed by atoms with Gasteiger partial charge in [0.2, 0.25) is 5.91 Å². The van der Waals surface area contributed by atoms with Crippen molar-refractivity contribution in [3.8, 4) is 0 Å². The number of hydrogen-bond donors (Lipinski definition) is 2. The monoisotopic (exact) mass is 224 g/mol. The van der Waals surface area contributed by atoms with E-state index in [9.17, 15) is 9.59 Å². The average Bonchev–Trinajstić information content (AvgIpc) is 2.89. The first-order valence-corrected chi connectivity index (χ1v) is 5.46. The van der Waals surface area contributed by atoms with Crippen molar-refractivity contribution >= 4 is 11.9 Å². The molecule has 5 heteroatoms. The minimum absolute atomic E-state index is 0.00271. The summed E-state index contributed by atoms with van der Waals surface area (Å²) in [6, 6.07) is 0.285. The van der Waals surface area contributed by atoms with Gasteiger partial charge in [0.15, 0.2) is 0 Å². The minimum Gasteiger partial charge on any atom is -0.464 e. The normalized spacial score (nSPS) is 31.2. The van der Waals surface area contributed by atoms with Gasteiger partial charge >= 0.3 is 5.97 Å². The van der Waals surface area contributed by atoms with E-state index in [1.165, 1.54) is 7.11 Å². The molecule has 16 heavy (non-hydrogen) atoms. The molecule has 0 spiro atoms. The fourth-order valence-electron chi connectivity index (χ4n) is 2.55. The lowest BCUT2D eigenvalue weighted by molar-refractivity contribution is -0.138. The molecule has 2 N–H and O–H groups in total. The number of fused-ring (bicyclic) bond motifs is 2. The van der Waals surface area contributed by atoms with Crippen molar-refractivity contribution in [2.45, 2.75) is 31.3 Å². The molecule has 1 heterocycles. The number of carbonyl (C=O) groups excluding carboxylic acids is 2. The maximum absolute atomic E-state index is 11.8. The first-order chi connectivity index (χ1) is 7.61. The Morgan fingerprint density at radius 2 is 2.19 bits per heavy atom. The summed E-state index contributed by atoms with van der Waals surface area (Å²) >= 11 is 0. The van der Waals surface area contributed by atoms with E-state index < -0.39 is 5.97 Å². The molecule has 0 aromatic carbocycles. The van der Waals surface area contributed by atoms with Crippen LogP contribution in [0.2, 0.25) is 0 Å². The third kappa shape index (κ3) is 1.95. The summed E-state index contributed by atoms with van der Waals surface area (Å²) in [5.41, 5.74) is -0.00271. The Morgan fingerprint density at radius 3 is 2.69 bits per heavy atom. The van der Waals surface area contributed by atoms with Gasteiger partial charge < -0.3 is 15.4 Å². The predicted molar refractivity (Wildman–Crippen MR) is 57.4 cm³/mol. The average molecular weight is 224 g/mol. The Bertz CT molecular complexity index is 340. The van der Waals surface area contributed by atoms with Gasteiger partial charge in [-0.25, -0.2) is 4.79 Å². The topological polar surface area (TPSA) is 67.4 Å². The molecule has 1 saturated heterocycles. The van der Waals surface area contributed by atoms with Crippen LogP contribution in [-0.4, -0.2) is 31.1 Å². The van der Waals surface area contributed by atoms with Crippen LogP contribution in [0.25, 0.3) is 0 Å². The number of hydrogen-bond acceptors (Lipinski definition) is 4. The van der Waals surface area contributed by atoms with Crippen molar-refractivity contribution in [2.75, 3.05) is 7.11 Å². The number of nitrogens with one attached hydrogen (secondary N) is 2. The quantitative estimate of drug-likeness (QED) is 0.520. The van der Waals surface area contributed by atoms with Crippen molar-refractivity contribution in [1.29, 1.82) is 0 Å². The van der Waals surface area contributed by atoms with Crippen LogP contribution in [0, 0.1) is 5.92 Å². The number of carbonyl (C=O) groups is 2. The second-order valence-electron chi connectivity index (χ2n) is 4.37. The zero-order chi connectivity index (χ0) is 11.7. The summed E-state index contributed by atoms with van der Waals surface area (Å²) in [5, 5.41) is 5.73. The third-order valence-corrected chi connectivity index (χ3v) is 3.35. The zero-order valence-corrected chi connectivity index (χ0v) is 9.29. The van der Waals surface area contributed by atoms with Crippen LogP contribution in [0.5, 0.6) is 0 Å². The van der Waals surface area contributed by atoms with Crippen molar-refractivity contribution in [2.24, 2.45) is 5.92 Å². The Kier molecular flexibility index (Phi) is 2.96. The van der Waals surface area contributed by atoms with Crippen LogP contribution < -0.4 is 10.6 Å². The van der Waals surface area contributed by atoms with Crippen molar-refractivity contribution in [3.63, 3.8) is 0 Å². The van der Waals surface area contributed by atoms with Gasteiger partial charge in [-0.1, -0.05) is 6.58 Å². The molecule has 1 saturated carbocycles. The summed E-state index contributed by atoms with van der Waals surface area (Å²) in [4.78, 5) is 22.9. The second kappa shape index (κ2) is 4.25. The first-order valence-electron chi connectivity index (χ1n) is 5.46. The van der Waals surface area contributed by atoms with Gasteiger partial charge in [-0.2, -0.15) is 0 Å². The summed E-state index contributed by atoms with van der Waals surface area (Å²) in [7, 11) is 1.26. The highest BCUT2D eigenvalue weighted by Gasteiger charge is 2.42. The third-order valence-electron chi connectivity index (χ3n) is 3.35. The number of rotatable bonds is 3. The fraction of sp³-hybridized carbons (Fsp3) is 0.636. The maximum Gasteiger partial charge on any atom is 0.353 e. The summed E-state index contributed by atoms with van der Waals surface area (Å²) in [5.74, 6) is -0.380. The first kappa shape index (κ1) is 11.1. The lowest BCUT2D eigenvalue weighted by atomic mass is 9.99. The van der Waals surface area contributed by atoms with Crippen molar-refractivity contribution in [3.05, 3.63) is 12.3 Å². The predicted octanol–water partition coefficient (Wildman–Crippen LogP) is -0.0702. The molecule has 3 atom stereocenters. The lowest BCUT2D eigenvalue weighted by Crippen LogP contribution is -2.47. The van der Waals surface area contributed by atoms with E-state index in [1.54, 1.807) is 0 Å². The van der Waals surface area contributed by atoms with Gasteiger partial charge in [0, 0.05) is 6.04 Å². The standard InChI is InChI=1S/C11H16N2O3/c1-6(11(15)16-2)12-10(14)9-7-3-4-8(5-7)13-9/h7-9,13H,1,3-5H2,2H3,(H,12,14)/t7-,8+,9-/m0/s1. The Labute approximate surface area is 94.2 Å². The second-order valence-corrected chi connectivity index (χ2v) is 4.37. The summed E-state index contributed by atoms with van der Waals surface area (Å²) < 4.78 is 4.46. The number of esters is 1. The highest BCUT2D eigenvalue weighted by atomic mass is 16.5. The zero-order valence-electron chi connectivity index (χ0n) is 9.29. The molecule has 2 bridgehead atoms. The smallest absolute Gasteiger partial charge is 0.353 e. The van der Waals surface area contributed by atoms with E-state index in [-0.39, 0.29) is 17.6 Å². The van der Waals surface area contributed by atoms with Gasteiger partial charge in [-0.3, -0.25) is 4.79 Å². The molecule has 1 amide bonds. The molecule has 0 unspecified atom stereocenters. The SMILES string of the molecule is C=C(NC(=O)[C@H]1N[C@@H]2CC[C@H]1C2)C(=O)OC. The summed E-state index contributed by atoms with van der Waals surface area (Å²) in [6.45, 7) is 3.46. The highest BCUT2D eigenvalue weighted by molar-refractivity contribution is 5.95. The molecular weight excluding hydrogens is 208 g/mol. The number of amides is 1. The van der Waals surface area contributed by atoms with Crippen molar-refractivity contribution in [1.82, 2.24) is 10.6 Å². The van der Waals surface area contributed by atoms with Gasteiger partial charge in [-0.15, -0.1) is 0 Å². The number of piperidine rings is 1. The van der Waals surface area contributed by atoms with Crippen LogP contribution in [0.1, 0.15) is 19.3 Å². The molecule has 1 aliphatic carbocycles. The largest absolute Gasteiger partial charge is 0.464 e. The van der Waals surface area contributed by atoms with Crippen LogP contribution >= 0.6 is 0 Å². The lowest BCUT2D eigenvalue weighted by Gasteiger charge is -2.22. The maximum atomic E-state index is 11.8. The molecule has 5 nitrogen and oxygen atoms in total. The molecule has 2 aliphatic rings. The Morgan fingerprint density at radius 1 is 1.44 bits per heavy atom. The van der Waals surface area contributed by atoms with E-state index in [0.29, 0.717) is 12.0 Å². The molecule has 2 rings (SSSR count). The van der Waals surface area contributed by atoms with Crippen LogP contribution in [0.3, 0.4) is 0 Å². The molecular formula is C11H16N2O3. The van der Waals surface area contributed by atoms with E-state index in [4.69, 9.17) is 0 Å². The Balaban J connectivity index is 1.89. The number of methoxy groups -OCH3 is 1. The van der Waals surface area contributed by atoms with Gasteiger partial charge in [0.1, 0.15) is 5.70 Å². The van der Waals surface area contributed by atoms with Gasteiger partial charge in [0.25, 0.3) is 0 Å². The Hall–Kier alpha value is -1.36. The van der Waals surface area contributed by atoms with Crippen LogP contribution in [-0.2, 0) is 14.3 Å². The molecule has 88 valence electrons.